The molecule has 1 N–H and O–H groups in total. The Morgan fingerprint density at radius 3 is 3.00 bits per heavy atom. The van der Waals surface area contributed by atoms with Crippen molar-refractivity contribution in [2.24, 2.45) is 0 Å². The molecular formula is C15H22N2O. The van der Waals surface area contributed by atoms with E-state index in [4.69, 9.17) is 0 Å². The van der Waals surface area contributed by atoms with Crippen molar-refractivity contribution in [2.75, 3.05) is 18.0 Å². The summed E-state index contributed by atoms with van der Waals surface area (Å²) in [6.07, 6.45) is 2.67. The van der Waals surface area contributed by atoms with Crippen LogP contribution in [0, 0.1) is 0 Å². The molecule has 0 aromatic heterocycles. The molecule has 3 nitrogen and oxygen atoms in total. The fourth-order valence-corrected chi connectivity index (χ4v) is 2.32. The third kappa shape index (κ3) is 3.03. The second kappa shape index (κ2) is 5.89. The average Bonchev–Trinajstić information content (AvgIpc) is 2.79. The van der Waals surface area contributed by atoms with E-state index in [1.807, 2.05) is 6.92 Å². The molecule has 1 aromatic carbocycles. The highest BCUT2D eigenvalue weighted by Crippen LogP contribution is 2.27. The maximum atomic E-state index is 11.7. The zero-order chi connectivity index (χ0) is 13.0. The fraction of sp³-hybridized carbons (Fsp3) is 0.533. The number of anilines is 1. The van der Waals surface area contributed by atoms with Crippen LogP contribution in [-0.2, 0) is 11.2 Å². The Hall–Kier alpha value is -1.51. The SMILES string of the molecule is CCC(C)NC(=O)CCN1CCc2ccccc21. The zero-order valence-corrected chi connectivity index (χ0v) is 11.3. The minimum Gasteiger partial charge on any atom is -0.370 e. The van der Waals surface area contributed by atoms with Gasteiger partial charge in [0.2, 0.25) is 5.91 Å². The van der Waals surface area contributed by atoms with E-state index >= 15 is 0 Å². The number of carbonyl (C=O) groups excluding carboxylic acids is 1. The molecule has 1 heterocycles. The minimum atomic E-state index is 0.161. The number of para-hydroxylation sites is 1. The van der Waals surface area contributed by atoms with Gasteiger partial charge in [-0.05, 0) is 31.4 Å². The van der Waals surface area contributed by atoms with Gasteiger partial charge in [0.05, 0.1) is 0 Å². The van der Waals surface area contributed by atoms with Crippen molar-refractivity contribution in [3.8, 4) is 0 Å². The molecule has 0 radical (unpaired) electrons. The standard InChI is InChI=1S/C15H22N2O/c1-3-12(2)16-15(18)9-11-17-10-8-13-6-4-5-7-14(13)17/h4-7,12H,3,8-11H2,1-2H3,(H,16,18). The van der Waals surface area contributed by atoms with Crippen molar-refractivity contribution in [1.82, 2.24) is 5.32 Å². The fourth-order valence-electron chi connectivity index (χ4n) is 2.32. The molecule has 1 atom stereocenters. The van der Waals surface area contributed by atoms with E-state index in [0.29, 0.717) is 6.42 Å². The summed E-state index contributed by atoms with van der Waals surface area (Å²) >= 11 is 0. The van der Waals surface area contributed by atoms with E-state index in [1.54, 1.807) is 0 Å². The number of hydrogen-bond donors (Lipinski definition) is 1. The molecule has 3 heteroatoms. The molecule has 2 rings (SSSR count). The largest absolute Gasteiger partial charge is 0.370 e. The van der Waals surface area contributed by atoms with Crippen LogP contribution in [0.5, 0.6) is 0 Å². The summed E-state index contributed by atoms with van der Waals surface area (Å²) in [5, 5.41) is 3.01. The monoisotopic (exact) mass is 246 g/mol. The summed E-state index contributed by atoms with van der Waals surface area (Å²) < 4.78 is 0. The first-order chi connectivity index (χ1) is 8.70. The topological polar surface area (TPSA) is 32.3 Å². The Balaban J connectivity index is 1.84. The number of nitrogens with one attached hydrogen (secondary N) is 1. The van der Waals surface area contributed by atoms with Crippen molar-refractivity contribution in [3.63, 3.8) is 0 Å². The summed E-state index contributed by atoms with van der Waals surface area (Å²) in [4.78, 5) is 14.1. The van der Waals surface area contributed by atoms with Gasteiger partial charge in [0.25, 0.3) is 0 Å². The van der Waals surface area contributed by atoms with Crippen LogP contribution in [0.15, 0.2) is 24.3 Å². The van der Waals surface area contributed by atoms with Crippen LogP contribution >= 0.6 is 0 Å². The summed E-state index contributed by atoms with van der Waals surface area (Å²) in [6.45, 7) is 5.99. The van der Waals surface area contributed by atoms with Gasteiger partial charge in [-0.2, -0.15) is 0 Å². The predicted molar refractivity (Wildman–Crippen MR) is 74.9 cm³/mol. The second-order valence-electron chi connectivity index (χ2n) is 4.99. The number of benzene rings is 1. The molecule has 1 amide bonds. The molecule has 0 spiro atoms. The van der Waals surface area contributed by atoms with E-state index in [9.17, 15) is 4.79 Å². The molecule has 0 aliphatic carbocycles. The maximum absolute atomic E-state index is 11.7. The van der Waals surface area contributed by atoms with Crippen molar-refractivity contribution >= 4 is 11.6 Å². The lowest BCUT2D eigenvalue weighted by molar-refractivity contribution is -0.121. The van der Waals surface area contributed by atoms with Gasteiger partial charge >= 0.3 is 0 Å². The lowest BCUT2D eigenvalue weighted by atomic mass is 10.2. The third-order valence-electron chi connectivity index (χ3n) is 3.61. The molecule has 0 saturated carbocycles. The van der Waals surface area contributed by atoms with Crippen LogP contribution in [-0.4, -0.2) is 25.0 Å². The molecule has 98 valence electrons. The summed E-state index contributed by atoms with van der Waals surface area (Å²) in [5.41, 5.74) is 2.70. The number of carbonyl (C=O) groups is 1. The molecule has 1 aromatic rings. The first-order valence-corrected chi connectivity index (χ1v) is 6.83. The van der Waals surface area contributed by atoms with Crippen molar-refractivity contribution < 1.29 is 4.79 Å². The van der Waals surface area contributed by atoms with Crippen LogP contribution in [0.25, 0.3) is 0 Å². The number of hydrogen-bond acceptors (Lipinski definition) is 2. The zero-order valence-electron chi connectivity index (χ0n) is 11.3. The highest BCUT2D eigenvalue weighted by molar-refractivity contribution is 5.77. The lowest BCUT2D eigenvalue weighted by Crippen LogP contribution is -2.34. The van der Waals surface area contributed by atoms with Gasteiger partial charge in [0, 0.05) is 31.2 Å². The molecule has 0 saturated heterocycles. The van der Waals surface area contributed by atoms with Gasteiger partial charge in [-0.1, -0.05) is 25.1 Å². The Morgan fingerprint density at radius 1 is 1.44 bits per heavy atom. The second-order valence-corrected chi connectivity index (χ2v) is 4.99. The van der Waals surface area contributed by atoms with Gasteiger partial charge in [-0.15, -0.1) is 0 Å². The smallest absolute Gasteiger partial charge is 0.221 e. The summed E-state index contributed by atoms with van der Waals surface area (Å²) in [5.74, 6) is 0.161. The minimum absolute atomic E-state index is 0.161. The van der Waals surface area contributed by atoms with Crippen LogP contribution in [0.2, 0.25) is 0 Å². The van der Waals surface area contributed by atoms with Gasteiger partial charge < -0.3 is 10.2 Å². The van der Waals surface area contributed by atoms with E-state index in [1.165, 1.54) is 11.3 Å². The number of amides is 1. The maximum Gasteiger partial charge on any atom is 0.221 e. The average molecular weight is 246 g/mol. The Bertz CT molecular complexity index is 417. The molecule has 18 heavy (non-hydrogen) atoms. The van der Waals surface area contributed by atoms with Gasteiger partial charge in [-0.3, -0.25) is 4.79 Å². The summed E-state index contributed by atoms with van der Waals surface area (Å²) in [6, 6.07) is 8.75. The van der Waals surface area contributed by atoms with Crippen LogP contribution in [0.3, 0.4) is 0 Å². The third-order valence-corrected chi connectivity index (χ3v) is 3.61. The molecule has 0 fully saturated rings. The molecule has 1 unspecified atom stereocenters. The van der Waals surface area contributed by atoms with E-state index in [2.05, 4.69) is 41.4 Å². The Kier molecular flexibility index (Phi) is 4.24. The quantitative estimate of drug-likeness (QED) is 0.865. The van der Waals surface area contributed by atoms with Gasteiger partial charge in [0.1, 0.15) is 0 Å². The molecule has 1 aliphatic rings. The number of nitrogens with zero attached hydrogens (tertiary/aromatic N) is 1. The lowest BCUT2D eigenvalue weighted by Gasteiger charge is -2.19. The number of fused-ring (bicyclic) bond motifs is 1. The van der Waals surface area contributed by atoms with Gasteiger partial charge in [-0.25, -0.2) is 0 Å². The molecule has 0 bridgehead atoms. The number of rotatable bonds is 5. The van der Waals surface area contributed by atoms with E-state index in [0.717, 1.165) is 25.9 Å². The van der Waals surface area contributed by atoms with Crippen molar-refractivity contribution in [1.29, 1.82) is 0 Å². The summed E-state index contributed by atoms with van der Waals surface area (Å²) in [7, 11) is 0. The highest BCUT2D eigenvalue weighted by atomic mass is 16.1. The molecular weight excluding hydrogens is 224 g/mol. The Morgan fingerprint density at radius 2 is 2.22 bits per heavy atom. The predicted octanol–water partition coefficient (Wildman–Crippen LogP) is 2.35. The van der Waals surface area contributed by atoms with Crippen LogP contribution in [0.1, 0.15) is 32.3 Å². The van der Waals surface area contributed by atoms with Crippen molar-refractivity contribution in [2.45, 2.75) is 39.2 Å². The molecule has 1 aliphatic heterocycles. The normalized spacial score (nSPS) is 15.3. The van der Waals surface area contributed by atoms with E-state index < -0.39 is 0 Å². The first-order valence-electron chi connectivity index (χ1n) is 6.83. The first kappa shape index (κ1) is 12.9. The van der Waals surface area contributed by atoms with E-state index in [-0.39, 0.29) is 11.9 Å². The van der Waals surface area contributed by atoms with Gasteiger partial charge in [0.15, 0.2) is 0 Å². The Labute approximate surface area is 109 Å². The van der Waals surface area contributed by atoms with Crippen LogP contribution < -0.4 is 10.2 Å². The highest BCUT2D eigenvalue weighted by Gasteiger charge is 2.18. The van der Waals surface area contributed by atoms with Crippen molar-refractivity contribution in [3.05, 3.63) is 29.8 Å². The van der Waals surface area contributed by atoms with Crippen LogP contribution in [0.4, 0.5) is 5.69 Å².